The molecule has 0 unspecified atom stereocenters. The van der Waals surface area contributed by atoms with Gasteiger partial charge in [0.05, 0.1) is 30.3 Å². The first-order valence-electron chi connectivity index (χ1n) is 8.85. The second kappa shape index (κ2) is 7.99. The van der Waals surface area contributed by atoms with Crippen molar-refractivity contribution >= 4 is 22.6 Å². The Hall–Kier alpha value is -3.21. The Morgan fingerprint density at radius 2 is 1.74 bits per heavy atom. The van der Waals surface area contributed by atoms with Gasteiger partial charge in [0.1, 0.15) is 5.75 Å². The number of carbonyl (C=O) groups is 2. The summed E-state index contributed by atoms with van der Waals surface area (Å²) in [6.45, 7) is 3.96. The summed E-state index contributed by atoms with van der Waals surface area (Å²) in [6, 6.07) is 16.3. The first-order valence-corrected chi connectivity index (χ1v) is 8.85. The number of aromatic nitrogens is 1. The highest BCUT2D eigenvalue weighted by Crippen LogP contribution is 2.22. The lowest BCUT2D eigenvalue weighted by atomic mass is 10.0. The van der Waals surface area contributed by atoms with Crippen molar-refractivity contribution in [3.05, 3.63) is 71.4 Å². The second-order valence-electron chi connectivity index (χ2n) is 6.57. The van der Waals surface area contributed by atoms with Crippen LogP contribution in [0.4, 0.5) is 0 Å². The van der Waals surface area contributed by atoms with E-state index in [0.717, 1.165) is 16.6 Å². The number of nitrogens with zero attached hydrogens (tertiary/aromatic N) is 1. The number of nitrogens with one attached hydrogen (secondary N) is 1. The average Bonchev–Trinajstić information content (AvgIpc) is 2.70. The lowest BCUT2D eigenvalue weighted by molar-refractivity contribution is 0.0903. The highest BCUT2D eigenvalue weighted by molar-refractivity contribution is 6.08. The maximum absolute atomic E-state index is 12.8. The Morgan fingerprint density at radius 3 is 2.48 bits per heavy atom. The number of para-hydroxylation sites is 2. The maximum atomic E-state index is 12.8. The van der Waals surface area contributed by atoms with Crippen molar-refractivity contribution in [2.75, 3.05) is 13.7 Å². The predicted molar refractivity (Wildman–Crippen MR) is 105 cm³/mol. The predicted octanol–water partition coefficient (Wildman–Crippen LogP) is 3.98. The molecule has 0 radical (unpaired) electrons. The summed E-state index contributed by atoms with van der Waals surface area (Å²) < 4.78 is 5.22. The Balaban J connectivity index is 1.85. The molecular formula is C22H22N2O3. The number of carbonyl (C=O) groups excluding carboxylic acids is 2. The van der Waals surface area contributed by atoms with E-state index in [1.165, 1.54) is 7.11 Å². The molecule has 0 aliphatic heterocycles. The lowest BCUT2D eigenvalue weighted by Gasteiger charge is -2.12. The molecule has 0 saturated carbocycles. The van der Waals surface area contributed by atoms with Crippen molar-refractivity contribution in [2.24, 2.45) is 0 Å². The normalized spacial score (nSPS) is 10.8. The highest BCUT2D eigenvalue weighted by atomic mass is 16.5. The number of Topliss-reactive ketones (excluding diaryl/α,β-unsaturated/α-hetero) is 1. The molecule has 1 aromatic heterocycles. The maximum Gasteiger partial charge on any atom is 0.252 e. The van der Waals surface area contributed by atoms with Crippen LogP contribution >= 0.6 is 0 Å². The van der Waals surface area contributed by atoms with Crippen LogP contribution in [0.3, 0.4) is 0 Å². The number of amides is 1. The van der Waals surface area contributed by atoms with Crippen LogP contribution < -0.4 is 10.1 Å². The van der Waals surface area contributed by atoms with Crippen LogP contribution in [-0.2, 0) is 0 Å². The van der Waals surface area contributed by atoms with E-state index in [-0.39, 0.29) is 24.2 Å². The van der Waals surface area contributed by atoms with Gasteiger partial charge in [0.15, 0.2) is 5.78 Å². The van der Waals surface area contributed by atoms with E-state index in [4.69, 9.17) is 4.74 Å². The van der Waals surface area contributed by atoms with Gasteiger partial charge in [0.25, 0.3) is 5.91 Å². The molecule has 0 aliphatic rings. The molecule has 0 bridgehead atoms. The number of fused-ring (bicyclic) bond motifs is 1. The Labute approximate surface area is 158 Å². The minimum absolute atomic E-state index is 0.104. The monoisotopic (exact) mass is 362 g/mol. The molecular weight excluding hydrogens is 340 g/mol. The first kappa shape index (κ1) is 18.6. The molecule has 3 rings (SSSR count). The van der Waals surface area contributed by atoms with Gasteiger partial charge in [-0.15, -0.1) is 0 Å². The molecule has 1 heterocycles. The van der Waals surface area contributed by atoms with Crippen LogP contribution in [0.1, 0.15) is 46.2 Å². The van der Waals surface area contributed by atoms with Gasteiger partial charge in [0.2, 0.25) is 0 Å². The van der Waals surface area contributed by atoms with E-state index in [1.54, 1.807) is 30.3 Å². The summed E-state index contributed by atoms with van der Waals surface area (Å²) in [4.78, 5) is 29.9. The number of rotatable bonds is 6. The molecule has 3 aromatic rings. The fraction of sp³-hybridized carbons (Fsp3) is 0.227. The van der Waals surface area contributed by atoms with E-state index < -0.39 is 0 Å². The van der Waals surface area contributed by atoms with E-state index in [0.29, 0.717) is 16.9 Å². The molecule has 0 fully saturated rings. The minimum Gasteiger partial charge on any atom is -0.496 e. The molecule has 0 saturated heterocycles. The zero-order valence-electron chi connectivity index (χ0n) is 15.7. The topological polar surface area (TPSA) is 68.3 Å². The number of methoxy groups -OCH3 is 1. The highest BCUT2D eigenvalue weighted by Gasteiger charge is 2.17. The Morgan fingerprint density at radius 1 is 1.04 bits per heavy atom. The molecule has 5 heteroatoms. The van der Waals surface area contributed by atoms with E-state index in [2.05, 4.69) is 10.3 Å². The van der Waals surface area contributed by atoms with Crippen molar-refractivity contribution < 1.29 is 14.3 Å². The van der Waals surface area contributed by atoms with Crippen LogP contribution in [0.2, 0.25) is 0 Å². The van der Waals surface area contributed by atoms with Gasteiger partial charge in [-0.1, -0.05) is 44.2 Å². The molecule has 1 amide bonds. The van der Waals surface area contributed by atoms with Crippen molar-refractivity contribution in [3.63, 3.8) is 0 Å². The average molecular weight is 362 g/mol. The fourth-order valence-electron chi connectivity index (χ4n) is 2.91. The molecule has 0 spiro atoms. The van der Waals surface area contributed by atoms with Crippen molar-refractivity contribution in [2.45, 2.75) is 19.8 Å². The zero-order valence-corrected chi connectivity index (χ0v) is 15.7. The number of ketones is 1. The fourth-order valence-corrected chi connectivity index (χ4v) is 2.91. The standard InChI is InChI=1S/C22H22N2O3/c1-14(2)19-12-17(15-8-4-6-10-18(15)24-19)22(26)23-13-20(25)16-9-5-7-11-21(16)27-3/h4-12,14H,13H2,1-3H3,(H,23,26). The number of pyridine rings is 1. The summed E-state index contributed by atoms with van der Waals surface area (Å²) in [5.74, 6) is 0.187. The third-order valence-electron chi connectivity index (χ3n) is 4.39. The van der Waals surface area contributed by atoms with Crippen LogP contribution in [0.25, 0.3) is 10.9 Å². The van der Waals surface area contributed by atoms with Crippen LogP contribution in [0, 0.1) is 0 Å². The van der Waals surface area contributed by atoms with Crippen molar-refractivity contribution in [3.8, 4) is 5.75 Å². The molecule has 138 valence electrons. The summed E-state index contributed by atoms with van der Waals surface area (Å²) in [7, 11) is 1.52. The SMILES string of the molecule is COc1ccccc1C(=O)CNC(=O)c1cc(C(C)C)nc2ccccc12. The van der Waals surface area contributed by atoms with Gasteiger partial charge in [-0.2, -0.15) is 0 Å². The summed E-state index contributed by atoms with van der Waals surface area (Å²) in [6.07, 6.45) is 0. The van der Waals surface area contributed by atoms with E-state index in [1.807, 2.05) is 38.1 Å². The third-order valence-corrected chi connectivity index (χ3v) is 4.39. The van der Waals surface area contributed by atoms with Crippen molar-refractivity contribution in [1.29, 1.82) is 0 Å². The summed E-state index contributed by atoms with van der Waals surface area (Å²) in [5.41, 5.74) is 2.58. The third kappa shape index (κ3) is 3.97. The Bertz CT molecular complexity index is 996. The number of hydrogen-bond acceptors (Lipinski definition) is 4. The summed E-state index contributed by atoms with van der Waals surface area (Å²) in [5, 5.41) is 3.50. The minimum atomic E-state index is -0.293. The lowest BCUT2D eigenvalue weighted by Crippen LogP contribution is -2.30. The van der Waals surface area contributed by atoms with Crippen LogP contribution in [0.15, 0.2) is 54.6 Å². The number of ether oxygens (including phenoxy) is 1. The first-order chi connectivity index (χ1) is 13.0. The van der Waals surface area contributed by atoms with Crippen molar-refractivity contribution in [1.82, 2.24) is 10.3 Å². The van der Waals surface area contributed by atoms with Gasteiger partial charge in [0, 0.05) is 11.1 Å². The van der Waals surface area contributed by atoms with Crippen LogP contribution in [-0.4, -0.2) is 30.3 Å². The molecule has 2 aromatic carbocycles. The second-order valence-corrected chi connectivity index (χ2v) is 6.57. The smallest absolute Gasteiger partial charge is 0.252 e. The quantitative estimate of drug-likeness (QED) is 0.674. The molecule has 5 nitrogen and oxygen atoms in total. The van der Waals surface area contributed by atoms with E-state index in [9.17, 15) is 9.59 Å². The van der Waals surface area contributed by atoms with E-state index >= 15 is 0 Å². The largest absolute Gasteiger partial charge is 0.496 e. The molecule has 27 heavy (non-hydrogen) atoms. The van der Waals surface area contributed by atoms with Gasteiger partial charge in [-0.05, 0) is 30.2 Å². The van der Waals surface area contributed by atoms with Gasteiger partial charge in [-0.3, -0.25) is 14.6 Å². The van der Waals surface area contributed by atoms with Gasteiger partial charge < -0.3 is 10.1 Å². The Kier molecular flexibility index (Phi) is 5.50. The molecule has 1 N–H and O–H groups in total. The number of hydrogen-bond donors (Lipinski definition) is 1. The number of benzene rings is 2. The zero-order chi connectivity index (χ0) is 19.4. The van der Waals surface area contributed by atoms with Gasteiger partial charge >= 0.3 is 0 Å². The van der Waals surface area contributed by atoms with Crippen LogP contribution in [0.5, 0.6) is 5.75 Å². The summed E-state index contributed by atoms with van der Waals surface area (Å²) >= 11 is 0. The molecule has 0 atom stereocenters. The van der Waals surface area contributed by atoms with Gasteiger partial charge in [-0.25, -0.2) is 0 Å². The molecule has 0 aliphatic carbocycles.